The molecule has 2 aromatic carbocycles. The predicted molar refractivity (Wildman–Crippen MR) is 95.5 cm³/mol. The number of hydrogen-bond donors (Lipinski definition) is 2. The van der Waals surface area contributed by atoms with Gasteiger partial charge < -0.3 is 14.9 Å². The fourth-order valence-corrected chi connectivity index (χ4v) is 2.42. The summed E-state index contributed by atoms with van der Waals surface area (Å²) in [5.41, 5.74) is 9.59. The third-order valence-electron chi connectivity index (χ3n) is 3.80. The second kappa shape index (κ2) is 7.10. The third kappa shape index (κ3) is 3.41. The average Bonchev–Trinajstić information content (AvgIpc) is 2.65. The molecule has 7 heteroatoms. The standard InChI is InChI=1S/C19H17N3O4/c1-11-6-8-12(9-7-11)18(24)21-22-19-14(17(20)23)10-13-4-3-5-15(25-2)16(13)26-19/h3-10H,1-2H3,(H2,20,23)(H,21,24)/b22-19-. The fourth-order valence-electron chi connectivity index (χ4n) is 2.42. The number of nitrogens with two attached hydrogens (primary N) is 1. The van der Waals surface area contributed by atoms with E-state index < -0.39 is 11.8 Å². The number of nitrogens with one attached hydrogen (secondary N) is 1. The minimum absolute atomic E-state index is 0.0509. The van der Waals surface area contributed by atoms with Crippen molar-refractivity contribution in [3.63, 3.8) is 0 Å². The fraction of sp³-hybridized carbons (Fsp3) is 0.105. The lowest BCUT2D eigenvalue weighted by Gasteiger charge is -2.06. The van der Waals surface area contributed by atoms with Crippen molar-refractivity contribution in [3.05, 3.63) is 70.8 Å². The van der Waals surface area contributed by atoms with Crippen LogP contribution in [0.15, 0.2) is 58.0 Å². The molecule has 0 unspecified atom stereocenters. The summed E-state index contributed by atoms with van der Waals surface area (Å²) in [6.45, 7) is 1.92. The van der Waals surface area contributed by atoms with Gasteiger partial charge in [0.15, 0.2) is 11.3 Å². The molecule has 132 valence electrons. The van der Waals surface area contributed by atoms with Gasteiger partial charge in [-0.1, -0.05) is 29.8 Å². The summed E-state index contributed by atoms with van der Waals surface area (Å²) in [7, 11) is 1.50. The zero-order chi connectivity index (χ0) is 18.7. The number of benzene rings is 2. The van der Waals surface area contributed by atoms with Gasteiger partial charge >= 0.3 is 0 Å². The van der Waals surface area contributed by atoms with Gasteiger partial charge in [-0.3, -0.25) is 9.59 Å². The quantitative estimate of drug-likeness (QED) is 0.702. The number of methoxy groups -OCH3 is 1. The number of carbonyl (C=O) groups is 2. The second-order valence-corrected chi connectivity index (χ2v) is 5.63. The highest BCUT2D eigenvalue weighted by Gasteiger charge is 2.12. The van der Waals surface area contributed by atoms with Crippen molar-refractivity contribution in [1.29, 1.82) is 0 Å². The SMILES string of the molecule is COc1cccc2cc(C(N)=O)/c(=N/NC(=O)c3ccc(C)cc3)oc12. The molecule has 0 bridgehead atoms. The van der Waals surface area contributed by atoms with E-state index in [4.69, 9.17) is 14.9 Å². The lowest BCUT2D eigenvalue weighted by atomic mass is 10.1. The second-order valence-electron chi connectivity index (χ2n) is 5.63. The van der Waals surface area contributed by atoms with Gasteiger partial charge in [0.25, 0.3) is 11.8 Å². The Bertz CT molecular complexity index is 1050. The molecule has 7 nitrogen and oxygen atoms in total. The van der Waals surface area contributed by atoms with E-state index in [0.29, 0.717) is 22.3 Å². The van der Waals surface area contributed by atoms with E-state index in [-0.39, 0.29) is 11.1 Å². The van der Waals surface area contributed by atoms with Crippen LogP contribution in [0.2, 0.25) is 0 Å². The summed E-state index contributed by atoms with van der Waals surface area (Å²) in [6, 6.07) is 13.8. The summed E-state index contributed by atoms with van der Waals surface area (Å²) in [5.74, 6) is -0.683. The molecular weight excluding hydrogens is 334 g/mol. The monoisotopic (exact) mass is 351 g/mol. The minimum atomic E-state index is -0.721. The van der Waals surface area contributed by atoms with Crippen molar-refractivity contribution < 1.29 is 18.7 Å². The van der Waals surface area contributed by atoms with E-state index >= 15 is 0 Å². The Labute approximate surface area is 149 Å². The van der Waals surface area contributed by atoms with Crippen LogP contribution in [0.25, 0.3) is 11.0 Å². The van der Waals surface area contributed by atoms with Crippen molar-refractivity contribution in [1.82, 2.24) is 5.43 Å². The highest BCUT2D eigenvalue weighted by molar-refractivity contribution is 5.96. The molecule has 0 saturated heterocycles. The maximum Gasteiger partial charge on any atom is 0.271 e. The molecule has 1 aromatic heterocycles. The molecule has 2 amide bonds. The van der Waals surface area contributed by atoms with Crippen LogP contribution in [0.3, 0.4) is 0 Å². The van der Waals surface area contributed by atoms with Crippen LogP contribution in [0.1, 0.15) is 26.3 Å². The number of ether oxygens (including phenoxy) is 1. The van der Waals surface area contributed by atoms with Gasteiger partial charge in [-0.2, -0.15) is 0 Å². The molecule has 0 aliphatic carbocycles. The van der Waals surface area contributed by atoms with E-state index in [1.54, 1.807) is 36.4 Å². The highest BCUT2D eigenvalue weighted by atomic mass is 16.5. The van der Waals surface area contributed by atoms with Crippen LogP contribution < -0.4 is 21.5 Å². The first kappa shape index (κ1) is 17.2. The van der Waals surface area contributed by atoms with Crippen LogP contribution in [-0.4, -0.2) is 18.9 Å². The number of hydrogen-bond acceptors (Lipinski definition) is 5. The average molecular weight is 351 g/mol. The number of rotatable bonds is 4. The van der Waals surface area contributed by atoms with Crippen LogP contribution in [0.4, 0.5) is 0 Å². The molecule has 0 spiro atoms. The number of carbonyl (C=O) groups excluding carboxylic acids is 2. The maximum absolute atomic E-state index is 12.2. The van der Waals surface area contributed by atoms with Gasteiger partial charge in [-0.05, 0) is 31.2 Å². The minimum Gasteiger partial charge on any atom is -0.493 e. The molecule has 3 rings (SSSR count). The van der Waals surface area contributed by atoms with Crippen molar-refractivity contribution in [2.24, 2.45) is 10.8 Å². The Kier molecular flexibility index (Phi) is 4.70. The van der Waals surface area contributed by atoms with Gasteiger partial charge in [-0.15, -0.1) is 5.10 Å². The highest BCUT2D eigenvalue weighted by Crippen LogP contribution is 2.24. The Balaban J connectivity index is 2.05. The van der Waals surface area contributed by atoms with E-state index in [1.165, 1.54) is 7.11 Å². The Morgan fingerprint density at radius 2 is 1.88 bits per heavy atom. The summed E-state index contributed by atoms with van der Waals surface area (Å²) in [6.07, 6.45) is 0. The van der Waals surface area contributed by atoms with Gasteiger partial charge in [0, 0.05) is 10.9 Å². The number of nitrogens with zero attached hydrogens (tertiary/aromatic N) is 1. The Morgan fingerprint density at radius 1 is 1.15 bits per heavy atom. The summed E-state index contributed by atoms with van der Waals surface area (Å²) < 4.78 is 10.9. The van der Waals surface area contributed by atoms with Crippen LogP contribution in [0.5, 0.6) is 5.75 Å². The van der Waals surface area contributed by atoms with Crippen LogP contribution in [0, 0.1) is 6.92 Å². The number of amides is 2. The van der Waals surface area contributed by atoms with Crippen molar-refractivity contribution in [2.45, 2.75) is 6.92 Å². The van der Waals surface area contributed by atoms with Gasteiger partial charge in [0.2, 0.25) is 5.55 Å². The predicted octanol–water partition coefficient (Wildman–Crippen LogP) is 2.09. The first-order valence-electron chi connectivity index (χ1n) is 7.81. The molecule has 3 aromatic rings. The molecule has 0 aliphatic heterocycles. The summed E-state index contributed by atoms with van der Waals surface area (Å²) >= 11 is 0. The molecular formula is C19H17N3O4. The van der Waals surface area contributed by atoms with Crippen molar-refractivity contribution >= 4 is 22.8 Å². The summed E-state index contributed by atoms with van der Waals surface area (Å²) in [4.78, 5) is 23.9. The first-order valence-corrected chi connectivity index (χ1v) is 7.81. The van der Waals surface area contributed by atoms with Crippen molar-refractivity contribution in [2.75, 3.05) is 7.11 Å². The summed E-state index contributed by atoms with van der Waals surface area (Å²) in [5, 5.41) is 4.56. The lowest BCUT2D eigenvalue weighted by molar-refractivity contribution is 0.0946. The molecule has 0 aliphatic rings. The molecule has 0 fully saturated rings. The van der Waals surface area contributed by atoms with Gasteiger partial charge in [0.05, 0.1) is 7.11 Å². The van der Waals surface area contributed by atoms with Crippen LogP contribution in [-0.2, 0) is 0 Å². The zero-order valence-electron chi connectivity index (χ0n) is 14.3. The van der Waals surface area contributed by atoms with E-state index in [1.807, 2.05) is 19.1 Å². The smallest absolute Gasteiger partial charge is 0.271 e. The molecule has 0 saturated carbocycles. The number of aryl methyl sites for hydroxylation is 1. The third-order valence-corrected chi connectivity index (χ3v) is 3.80. The molecule has 3 N–H and O–H groups in total. The molecule has 1 heterocycles. The normalized spacial score (nSPS) is 11.4. The lowest BCUT2D eigenvalue weighted by Crippen LogP contribution is -2.27. The van der Waals surface area contributed by atoms with Crippen LogP contribution >= 0.6 is 0 Å². The van der Waals surface area contributed by atoms with E-state index in [0.717, 1.165) is 5.56 Å². The Morgan fingerprint density at radius 3 is 2.54 bits per heavy atom. The van der Waals surface area contributed by atoms with Crippen molar-refractivity contribution in [3.8, 4) is 5.75 Å². The maximum atomic E-state index is 12.2. The Hall–Kier alpha value is -3.61. The van der Waals surface area contributed by atoms with Gasteiger partial charge in [0.1, 0.15) is 5.56 Å². The zero-order valence-corrected chi connectivity index (χ0v) is 14.3. The molecule has 0 atom stereocenters. The largest absolute Gasteiger partial charge is 0.493 e. The van der Waals surface area contributed by atoms with E-state index in [2.05, 4.69) is 10.5 Å². The van der Waals surface area contributed by atoms with Gasteiger partial charge in [-0.25, -0.2) is 5.43 Å². The van der Waals surface area contributed by atoms with E-state index in [9.17, 15) is 9.59 Å². The number of para-hydroxylation sites is 1. The topological polar surface area (TPSA) is 107 Å². The molecule has 26 heavy (non-hydrogen) atoms. The molecule has 0 radical (unpaired) electrons. The first-order chi connectivity index (χ1) is 12.5. The number of fused-ring (bicyclic) bond motifs is 1. The number of primary amides is 1.